The minimum Gasteiger partial charge on any atom is -0.363 e. The first kappa shape index (κ1) is 12.9. The second kappa shape index (κ2) is 5.47. The van der Waals surface area contributed by atoms with Crippen molar-refractivity contribution in [1.29, 1.82) is 0 Å². The molecule has 1 saturated heterocycles. The molecule has 2 aromatic carbocycles. The summed E-state index contributed by atoms with van der Waals surface area (Å²) >= 11 is 0. The maximum Gasteiger partial charge on any atom is 0.254 e. The first-order valence-electron chi connectivity index (χ1n) is 6.75. The Balaban J connectivity index is 1.84. The number of carbonyl (C=O) groups excluding carboxylic acids is 1. The van der Waals surface area contributed by atoms with Crippen molar-refractivity contribution in [3.63, 3.8) is 0 Å². The van der Waals surface area contributed by atoms with Crippen molar-refractivity contribution in [3.8, 4) is 11.1 Å². The fourth-order valence-corrected chi connectivity index (χ4v) is 2.33. The monoisotopic (exact) mass is 267 g/mol. The third kappa shape index (κ3) is 2.73. The van der Waals surface area contributed by atoms with Crippen LogP contribution in [0, 0.1) is 0 Å². The second-order valence-electron chi connectivity index (χ2n) is 5.04. The van der Waals surface area contributed by atoms with E-state index in [1.165, 1.54) is 11.1 Å². The summed E-state index contributed by atoms with van der Waals surface area (Å²) in [6, 6.07) is 18.4. The van der Waals surface area contributed by atoms with Gasteiger partial charge in [-0.05, 0) is 16.7 Å². The minimum atomic E-state index is -0.219. The Morgan fingerprint density at radius 1 is 1.15 bits per heavy atom. The standard InChI is InChI=1S/C17H17NO2/c1-18(17(19)16-12-20-16)11-14-9-5-6-10-15(14)13-7-3-2-4-8-13/h2-10,16H,11-12H2,1H3. The van der Waals surface area contributed by atoms with E-state index in [-0.39, 0.29) is 12.0 Å². The summed E-state index contributed by atoms with van der Waals surface area (Å²) in [6.07, 6.45) is -0.219. The molecule has 0 aromatic heterocycles. The molecule has 20 heavy (non-hydrogen) atoms. The van der Waals surface area contributed by atoms with Crippen molar-refractivity contribution >= 4 is 5.91 Å². The summed E-state index contributed by atoms with van der Waals surface area (Å²) in [6.45, 7) is 1.16. The number of benzene rings is 2. The number of epoxide rings is 1. The zero-order valence-corrected chi connectivity index (χ0v) is 11.5. The van der Waals surface area contributed by atoms with Crippen LogP contribution in [0.4, 0.5) is 0 Å². The van der Waals surface area contributed by atoms with Crippen LogP contribution in [0.25, 0.3) is 11.1 Å². The van der Waals surface area contributed by atoms with Gasteiger partial charge in [-0.15, -0.1) is 0 Å². The van der Waals surface area contributed by atoms with Crippen LogP contribution in [-0.2, 0) is 16.1 Å². The van der Waals surface area contributed by atoms with E-state index in [0.717, 1.165) is 5.56 Å². The summed E-state index contributed by atoms with van der Waals surface area (Å²) < 4.78 is 5.05. The maximum atomic E-state index is 12.0. The Morgan fingerprint density at radius 3 is 2.50 bits per heavy atom. The average Bonchev–Trinajstić information content (AvgIpc) is 3.32. The van der Waals surface area contributed by atoms with Crippen molar-refractivity contribution in [1.82, 2.24) is 4.90 Å². The fraction of sp³-hybridized carbons (Fsp3) is 0.235. The molecule has 1 unspecified atom stereocenters. The molecule has 0 aliphatic carbocycles. The number of ether oxygens (including phenoxy) is 1. The summed E-state index contributed by atoms with van der Waals surface area (Å²) in [4.78, 5) is 13.7. The van der Waals surface area contributed by atoms with Gasteiger partial charge in [-0.3, -0.25) is 4.79 Å². The molecule has 3 heteroatoms. The highest BCUT2D eigenvalue weighted by molar-refractivity contribution is 5.83. The van der Waals surface area contributed by atoms with Gasteiger partial charge >= 0.3 is 0 Å². The van der Waals surface area contributed by atoms with Crippen molar-refractivity contribution < 1.29 is 9.53 Å². The Bertz CT molecular complexity index is 605. The third-order valence-corrected chi connectivity index (χ3v) is 3.49. The number of carbonyl (C=O) groups is 1. The van der Waals surface area contributed by atoms with Gasteiger partial charge in [-0.25, -0.2) is 0 Å². The minimum absolute atomic E-state index is 0.0628. The second-order valence-corrected chi connectivity index (χ2v) is 5.04. The molecule has 0 spiro atoms. The molecule has 1 atom stereocenters. The van der Waals surface area contributed by atoms with Gasteiger partial charge < -0.3 is 9.64 Å². The Kier molecular flexibility index (Phi) is 3.52. The molecule has 102 valence electrons. The van der Waals surface area contributed by atoms with Crippen LogP contribution in [0.5, 0.6) is 0 Å². The van der Waals surface area contributed by atoms with Crippen LogP contribution < -0.4 is 0 Å². The summed E-state index contributed by atoms with van der Waals surface area (Å²) in [5, 5.41) is 0. The zero-order valence-electron chi connectivity index (χ0n) is 11.5. The van der Waals surface area contributed by atoms with Crippen LogP contribution in [0.3, 0.4) is 0 Å². The van der Waals surface area contributed by atoms with E-state index in [2.05, 4.69) is 24.3 Å². The highest BCUT2D eigenvalue weighted by atomic mass is 16.6. The summed E-state index contributed by atoms with van der Waals surface area (Å²) in [5.41, 5.74) is 3.49. The van der Waals surface area contributed by atoms with E-state index in [9.17, 15) is 4.79 Å². The molecular weight excluding hydrogens is 250 g/mol. The molecule has 0 N–H and O–H groups in total. The molecule has 2 aromatic rings. The number of amides is 1. The normalized spacial score (nSPS) is 16.8. The molecule has 0 bridgehead atoms. The van der Waals surface area contributed by atoms with Gasteiger partial charge in [0.25, 0.3) is 5.91 Å². The lowest BCUT2D eigenvalue weighted by molar-refractivity contribution is -0.131. The number of likely N-dealkylation sites (N-methyl/N-ethyl adjacent to an activating group) is 1. The van der Waals surface area contributed by atoms with Gasteiger partial charge in [-0.1, -0.05) is 54.6 Å². The Hall–Kier alpha value is -2.13. The third-order valence-electron chi connectivity index (χ3n) is 3.49. The van der Waals surface area contributed by atoms with Crippen molar-refractivity contribution in [2.45, 2.75) is 12.6 Å². The molecule has 1 heterocycles. The predicted molar refractivity (Wildman–Crippen MR) is 78.1 cm³/mol. The largest absolute Gasteiger partial charge is 0.363 e. The number of nitrogens with zero attached hydrogens (tertiary/aromatic N) is 1. The van der Waals surface area contributed by atoms with Crippen LogP contribution in [0.15, 0.2) is 54.6 Å². The van der Waals surface area contributed by atoms with Gasteiger partial charge in [0.2, 0.25) is 0 Å². The average molecular weight is 267 g/mol. The first-order valence-corrected chi connectivity index (χ1v) is 6.75. The fourth-order valence-electron chi connectivity index (χ4n) is 2.33. The number of hydrogen-bond acceptors (Lipinski definition) is 2. The molecule has 1 amide bonds. The first-order chi connectivity index (χ1) is 9.75. The quantitative estimate of drug-likeness (QED) is 0.798. The maximum absolute atomic E-state index is 12.0. The molecule has 1 fully saturated rings. The van der Waals surface area contributed by atoms with Crippen molar-refractivity contribution in [3.05, 3.63) is 60.2 Å². The molecule has 1 aliphatic rings. The molecule has 0 saturated carbocycles. The topological polar surface area (TPSA) is 32.8 Å². The smallest absolute Gasteiger partial charge is 0.254 e. The van der Waals surface area contributed by atoms with Gasteiger partial charge in [-0.2, -0.15) is 0 Å². The van der Waals surface area contributed by atoms with E-state index < -0.39 is 0 Å². The van der Waals surface area contributed by atoms with Crippen LogP contribution >= 0.6 is 0 Å². The molecular formula is C17H17NO2. The number of hydrogen-bond donors (Lipinski definition) is 0. The molecule has 1 aliphatic heterocycles. The summed E-state index contributed by atoms with van der Waals surface area (Å²) in [7, 11) is 1.83. The lowest BCUT2D eigenvalue weighted by Gasteiger charge is -2.18. The predicted octanol–water partition coefficient (Wildman–Crippen LogP) is 2.71. The van der Waals surface area contributed by atoms with Gasteiger partial charge in [0.1, 0.15) is 0 Å². The molecule has 0 radical (unpaired) electrons. The van der Waals surface area contributed by atoms with E-state index in [1.807, 2.05) is 37.4 Å². The van der Waals surface area contributed by atoms with Gasteiger partial charge in [0, 0.05) is 13.6 Å². The van der Waals surface area contributed by atoms with E-state index in [0.29, 0.717) is 13.2 Å². The van der Waals surface area contributed by atoms with Crippen LogP contribution in [0.2, 0.25) is 0 Å². The SMILES string of the molecule is CN(Cc1ccccc1-c1ccccc1)C(=O)C1CO1. The lowest BCUT2D eigenvalue weighted by Crippen LogP contribution is -2.30. The molecule has 3 nitrogen and oxygen atoms in total. The highest BCUT2D eigenvalue weighted by Gasteiger charge is 2.33. The van der Waals surface area contributed by atoms with Crippen LogP contribution in [0.1, 0.15) is 5.56 Å². The molecule has 3 rings (SSSR count). The summed E-state index contributed by atoms with van der Waals surface area (Å²) in [5.74, 6) is 0.0628. The van der Waals surface area contributed by atoms with Gasteiger partial charge in [0.05, 0.1) is 6.61 Å². The van der Waals surface area contributed by atoms with Crippen LogP contribution in [-0.4, -0.2) is 30.6 Å². The highest BCUT2D eigenvalue weighted by Crippen LogP contribution is 2.25. The van der Waals surface area contributed by atoms with E-state index >= 15 is 0 Å². The van der Waals surface area contributed by atoms with Gasteiger partial charge in [0.15, 0.2) is 6.10 Å². The Morgan fingerprint density at radius 2 is 1.80 bits per heavy atom. The van der Waals surface area contributed by atoms with E-state index in [4.69, 9.17) is 4.74 Å². The Labute approximate surface area is 118 Å². The lowest BCUT2D eigenvalue weighted by atomic mass is 9.99. The van der Waals surface area contributed by atoms with E-state index in [1.54, 1.807) is 4.90 Å². The van der Waals surface area contributed by atoms with Crippen molar-refractivity contribution in [2.75, 3.05) is 13.7 Å². The van der Waals surface area contributed by atoms with Crippen molar-refractivity contribution in [2.24, 2.45) is 0 Å². The zero-order chi connectivity index (χ0) is 13.9. The number of rotatable bonds is 4.